The Hall–Kier alpha value is -6.11. The van der Waals surface area contributed by atoms with Crippen LogP contribution in [0.15, 0.2) is 128 Å². The molecule has 0 atom stereocenters. The third-order valence-electron chi connectivity index (χ3n) is 10.7. The van der Waals surface area contributed by atoms with Gasteiger partial charge in [-0.25, -0.2) is 4.98 Å². The minimum absolute atomic E-state index is 0. The first-order valence-corrected chi connectivity index (χ1v) is 18.2. The van der Waals surface area contributed by atoms with E-state index in [0.29, 0.717) is 28.2 Å². The summed E-state index contributed by atoms with van der Waals surface area (Å²) in [4.78, 5) is 4.93. The molecule has 0 bridgehead atoms. The molecule has 0 fully saturated rings. The fourth-order valence-corrected chi connectivity index (χ4v) is 8.11. The van der Waals surface area contributed by atoms with Crippen LogP contribution in [0.25, 0.3) is 44.3 Å². The number of hydrogen-bond acceptors (Lipinski definition) is 4. The molecule has 0 amide bonds. The number of benzene rings is 6. The molecule has 0 spiro atoms. The molecule has 0 unspecified atom stereocenters. The van der Waals surface area contributed by atoms with Crippen LogP contribution in [-0.4, -0.2) is 20.8 Å². The first kappa shape index (κ1) is 31.1. The zero-order valence-corrected chi connectivity index (χ0v) is 32.8. The molecular formula is C47H33BN4O3Pt-2. The van der Waals surface area contributed by atoms with E-state index in [1.54, 1.807) is 10.6 Å². The number of aryl methyl sites for hydroxylation is 1. The van der Waals surface area contributed by atoms with Crippen LogP contribution >= 0.6 is 0 Å². The Kier molecular flexibility index (Phi) is 7.07. The third kappa shape index (κ3) is 5.23. The van der Waals surface area contributed by atoms with E-state index in [0.717, 1.165) is 72.6 Å². The molecule has 9 aromatic rings. The molecule has 9 heteroatoms. The van der Waals surface area contributed by atoms with E-state index in [-0.39, 0.29) is 33.2 Å². The van der Waals surface area contributed by atoms with E-state index in [2.05, 4.69) is 86.3 Å². The summed E-state index contributed by atoms with van der Waals surface area (Å²) in [6.45, 7) is 4.08. The Morgan fingerprint density at radius 2 is 1.52 bits per heavy atom. The second-order valence-corrected chi connectivity index (χ2v) is 15.1. The molecule has 0 saturated heterocycles. The summed E-state index contributed by atoms with van der Waals surface area (Å²) in [6.07, 6.45) is 4.87. The van der Waals surface area contributed by atoms with Gasteiger partial charge in [0.25, 0.3) is 6.71 Å². The van der Waals surface area contributed by atoms with Gasteiger partial charge in [-0.3, -0.25) is 0 Å². The average molecular weight is 911 g/mol. The normalized spacial score (nSPS) is 13.8. The molecule has 5 heterocycles. The number of aromatic nitrogens is 4. The van der Waals surface area contributed by atoms with Gasteiger partial charge >= 0.3 is 0 Å². The molecule has 7 nitrogen and oxygen atoms in total. The molecular weight excluding hydrogens is 874 g/mol. The topological polar surface area (TPSA) is 54.3 Å². The molecule has 6 aromatic carbocycles. The summed E-state index contributed by atoms with van der Waals surface area (Å²) in [5.74, 6) is 4.71. The van der Waals surface area contributed by atoms with Gasteiger partial charge in [0.1, 0.15) is 28.8 Å². The smallest absolute Gasteiger partial charge is 0.260 e. The van der Waals surface area contributed by atoms with Crippen LogP contribution in [0.2, 0.25) is 0 Å². The predicted octanol–water partition coefficient (Wildman–Crippen LogP) is 8.16. The second-order valence-electron chi connectivity index (χ2n) is 15.1. The average Bonchev–Trinajstić information content (AvgIpc) is 3.77. The van der Waals surface area contributed by atoms with E-state index in [1.165, 1.54) is 4.57 Å². The quantitative estimate of drug-likeness (QED) is 0.102. The maximum absolute atomic E-state index is 8.09. The van der Waals surface area contributed by atoms with Crippen LogP contribution in [0.5, 0.6) is 34.5 Å². The molecule has 0 saturated carbocycles. The second kappa shape index (κ2) is 12.7. The standard InChI is InChI=1S/C47H33BN4O3.Pt/c1-47(2,3)29-22-23-49-43(24-29)52-38-26-32(53-31-13-11-12-30(25-31)51-28-50(4)36-16-7-8-17-37(36)51)20-21-33(38)44-39(52)27-42-45-46(44)55-41-19-10-6-15-35(41)48(45)34-14-5-9-18-40(34)54-42;/h5-24,27H,1-4H3;/q-2;/i4D3;. The largest absolute Gasteiger partial charge is 0.510 e. The van der Waals surface area contributed by atoms with Crippen LogP contribution in [-0.2, 0) is 33.5 Å². The molecule has 56 heavy (non-hydrogen) atoms. The van der Waals surface area contributed by atoms with Crippen molar-refractivity contribution in [3.05, 3.63) is 152 Å². The van der Waals surface area contributed by atoms with Crippen molar-refractivity contribution < 1.29 is 44.0 Å². The SMILES string of the molecule is [2H]C([2H])([2H])[n+]1[c-]n(-c2[c-]c(Oc3[c-]c4c(cc3)c3c5c6c(cc3n4-c3cc(C(C)(C)C)ccn3)Oc3ccccc3B6c3ccccc3O5)ccc2)c2ccccc21.[Pt]. The number of pyridine rings is 1. The number of nitrogens with zero attached hydrogens (tertiary/aromatic N) is 4. The molecule has 274 valence electrons. The van der Waals surface area contributed by atoms with E-state index in [9.17, 15) is 0 Å². The van der Waals surface area contributed by atoms with E-state index >= 15 is 0 Å². The molecule has 2 aliphatic heterocycles. The van der Waals surface area contributed by atoms with Gasteiger partial charge in [-0.2, -0.15) is 18.2 Å². The van der Waals surface area contributed by atoms with Crippen molar-refractivity contribution in [3.8, 4) is 46.0 Å². The molecule has 2 aliphatic rings. The number of ether oxygens (including phenoxy) is 3. The van der Waals surface area contributed by atoms with Gasteiger partial charge in [0.15, 0.2) is 0 Å². The monoisotopic (exact) mass is 910 g/mol. The predicted molar refractivity (Wildman–Crippen MR) is 216 cm³/mol. The number of para-hydroxylation sites is 4. The van der Waals surface area contributed by atoms with Gasteiger partial charge in [-0.05, 0) is 51.6 Å². The zero-order valence-electron chi connectivity index (χ0n) is 33.5. The Morgan fingerprint density at radius 1 is 0.768 bits per heavy atom. The Morgan fingerprint density at radius 3 is 2.32 bits per heavy atom. The Bertz CT molecular complexity index is 3160. The van der Waals surface area contributed by atoms with Gasteiger partial charge < -0.3 is 27.9 Å². The van der Waals surface area contributed by atoms with Crippen LogP contribution in [0.4, 0.5) is 0 Å². The van der Waals surface area contributed by atoms with Crippen molar-refractivity contribution in [1.29, 1.82) is 0 Å². The third-order valence-corrected chi connectivity index (χ3v) is 10.7. The zero-order chi connectivity index (χ0) is 39.5. The van der Waals surface area contributed by atoms with Crippen molar-refractivity contribution in [2.24, 2.45) is 6.98 Å². The van der Waals surface area contributed by atoms with Crippen LogP contribution in [0.3, 0.4) is 0 Å². The number of hydrogen-bond donors (Lipinski definition) is 0. The maximum Gasteiger partial charge on any atom is 0.260 e. The molecule has 0 N–H and O–H groups in total. The minimum Gasteiger partial charge on any atom is -0.510 e. The number of imidazole rings is 1. The van der Waals surface area contributed by atoms with Crippen molar-refractivity contribution in [1.82, 2.24) is 14.1 Å². The molecule has 3 aromatic heterocycles. The molecule has 11 rings (SSSR count). The summed E-state index contributed by atoms with van der Waals surface area (Å²) < 4.78 is 49.4. The van der Waals surface area contributed by atoms with E-state index < -0.39 is 6.98 Å². The fraction of sp³-hybridized carbons (Fsp3) is 0.106. The number of rotatable bonds is 4. The Labute approximate surface area is 343 Å². The molecule has 0 aliphatic carbocycles. The fourth-order valence-electron chi connectivity index (χ4n) is 8.11. The van der Waals surface area contributed by atoms with E-state index in [4.69, 9.17) is 23.3 Å². The van der Waals surface area contributed by atoms with Crippen molar-refractivity contribution >= 4 is 55.9 Å². The Balaban J connectivity index is 0.00000420. The molecule has 0 radical (unpaired) electrons. The summed E-state index contributed by atoms with van der Waals surface area (Å²) in [7, 11) is 0. The summed E-state index contributed by atoms with van der Waals surface area (Å²) >= 11 is 0. The van der Waals surface area contributed by atoms with Crippen LogP contribution in [0, 0.1) is 18.5 Å². The summed E-state index contributed by atoms with van der Waals surface area (Å²) in [6, 6.07) is 46.4. The van der Waals surface area contributed by atoms with Crippen molar-refractivity contribution in [2.45, 2.75) is 26.2 Å². The van der Waals surface area contributed by atoms with Gasteiger partial charge in [0, 0.05) is 55.8 Å². The van der Waals surface area contributed by atoms with E-state index in [1.807, 2.05) is 79.0 Å². The minimum atomic E-state index is -2.41. The first-order chi connectivity index (χ1) is 28.0. The van der Waals surface area contributed by atoms with Crippen molar-refractivity contribution in [2.75, 3.05) is 0 Å². The maximum atomic E-state index is 8.09. The first-order valence-electron chi connectivity index (χ1n) is 19.7. The van der Waals surface area contributed by atoms with Gasteiger partial charge in [0.05, 0.1) is 22.1 Å². The summed E-state index contributed by atoms with van der Waals surface area (Å²) in [5.41, 5.74) is 7.58. The van der Waals surface area contributed by atoms with Crippen molar-refractivity contribution in [3.63, 3.8) is 0 Å². The van der Waals surface area contributed by atoms with Gasteiger partial charge in [-0.1, -0.05) is 98.0 Å². The van der Waals surface area contributed by atoms with Gasteiger partial charge in [0.2, 0.25) is 6.33 Å². The summed E-state index contributed by atoms with van der Waals surface area (Å²) in [5, 5.41) is 1.84. The van der Waals surface area contributed by atoms with Gasteiger partial charge in [-0.15, -0.1) is 24.3 Å². The van der Waals surface area contributed by atoms with Crippen LogP contribution in [0.1, 0.15) is 30.4 Å². The van der Waals surface area contributed by atoms with Crippen LogP contribution < -0.4 is 35.2 Å². The number of fused-ring (bicyclic) bond motifs is 9.